The van der Waals surface area contributed by atoms with Crippen molar-refractivity contribution in [3.63, 3.8) is 0 Å². The van der Waals surface area contributed by atoms with Crippen molar-refractivity contribution >= 4 is 29.9 Å². The second kappa shape index (κ2) is 9.34. The highest BCUT2D eigenvalue weighted by molar-refractivity contribution is 7.71. The summed E-state index contributed by atoms with van der Waals surface area (Å²) < 4.78 is 19.5. The van der Waals surface area contributed by atoms with Crippen molar-refractivity contribution in [1.29, 1.82) is 5.26 Å². The van der Waals surface area contributed by atoms with Gasteiger partial charge in [0.1, 0.15) is 30.4 Å². The van der Waals surface area contributed by atoms with Gasteiger partial charge in [-0.05, 0) is 50.9 Å². The van der Waals surface area contributed by atoms with Crippen LogP contribution in [0.1, 0.15) is 44.2 Å². The normalized spacial score (nSPS) is 23.5. The van der Waals surface area contributed by atoms with Crippen LogP contribution in [0.4, 0.5) is 11.5 Å². The molecule has 2 aromatic rings. The molecule has 9 nitrogen and oxygen atoms in total. The number of H-pyrrole nitrogens is 1. The van der Waals surface area contributed by atoms with Gasteiger partial charge in [-0.15, -0.1) is 0 Å². The monoisotopic (exact) mass is 495 g/mol. The summed E-state index contributed by atoms with van der Waals surface area (Å²) in [5.74, 6) is 1.89. The minimum atomic E-state index is -2.44. The fraction of sp³-hybridized carbons (Fsp3) is 0.520. The van der Waals surface area contributed by atoms with Crippen molar-refractivity contribution in [3.05, 3.63) is 35.5 Å². The molecule has 0 amide bonds. The Balaban J connectivity index is 1.39. The minimum absolute atomic E-state index is 0.533. The molecule has 1 unspecified atom stereocenters. The molecule has 1 aliphatic carbocycles. The number of hydrogen-bond donors (Lipinski definition) is 4. The van der Waals surface area contributed by atoms with E-state index in [9.17, 15) is 9.83 Å². The lowest BCUT2D eigenvalue weighted by atomic mass is 9.98. The van der Waals surface area contributed by atoms with E-state index in [-0.39, 0.29) is 0 Å². The number of aromatic nitrogens is 1. The van der Waals surface area contributed by atoms with Gasteiger partial charge in [0.15, 0.2) is 0 Å². The summed E-state index contributed by atoms with van der Waals surface area (Å²) in [4.78, 5) is 10.5. The topological polar surface area (TPSA) is 118 Å². The Hall–Kier alpha value is -2.79. The standard InChI is InChI=1S/C25H34N7O2P/c1-4-9-28-25(2)22-17(15-26)16-27-23(22)30-24(31-25)29-20-8-7-19(14-21(20)34-3)35(33)12-10-32(11-13-35)18-5-6-18/h7-8,14,16,18,27-28H,4-6,9-13H2,1-3H3,(H2,29,30,31). The number of nitrogens with one attached hydrogen (secondary N) is 4. The van der Waals surface area contributed by atoms with Gasteiger partial charge < -0.3 is 24.9 Å². The number of fused-ring (bicyclic) bond motifs is 1. The molecule has 0 bridgehead atoms. The van der Waals surface area contributed by atoms with Crippen molar-refractivity contribution in [2.75, 3.05) is 49.7 Å². The molecule has 10 heteroatoms. The molecule has 2 fully saturated rings. The molecule has 1 saturated heterocycles. The Labute approximate surface area is 206 Å². The first-order valence-electron chi connectivity index (χ1n) is 12.4. The molecule has 1 saturated carbocycles. The zero-order valence-electron chi connectivity index (χ0n) is 20.6. The summed E-state index contributed by atoms with van der Waals surface area (Å²) in [5, 5.41) is 20.5. The van der Waals surface area contributed by atoms with Gasteiger partial charge in [-0.2, -0.15) is 5.26 Å². The predicted molar refractivity (Wildman–Crippen MR) is 140 cm³/mol. The van der Waals surface area contributed by atoms with E-state index in [1.807, 2.05) is 25.1 Å². The van der Waals surface area contributed by atoms with Gasteiger partial charge in [0.05, 0.1) is 23.9 Å². The Kier molecular flexibility index (Phi) is 6.39. The molecule has 2 aliphatic heterocycles. The molecule has 1 aromatic heterocycles. The van der Waals surface area contributed by atoms with E-state index in [1.54, 1.807) is 13.3 Å². The number of hydrogen-bond acceptors (Lipinski definition) is 8. The first-order chi connectivity index (χ1) is 16.9. The first-order valence-corrected chi connectivity index (χ1v) is 14.5. The number of anilines is 2. The van der Waals surface area contributed by atoms with Gasteiger partial charge >= 0.3 is 0 Å². The molecule has 4 N–H and O–H groups in total. The number of nitrogens with zero attached hydrogens (tertiary/aromatic N) is 3. The van der Waals surface area contributed by atoms with Crippen molar-refractivity contribution in [2.45, 2.75) is 44.8 Å². The summed E-state index contributed by atoms with van der Waals surface area (Å²) >= 11 is 0. The number of nitriles is 1. The van der Waals surface area contributed by atoms with Crippen molar-refractivity contribution in [1.82, 2.24) is 15.2 Å². The maximum Gasteiger partial charge on any atom is 0.203 e. The average molecular weight is 496 g/mol. The van der Waals surface area contributed by atoms with Gasteiger partial charge in [0, 0.05) is 43.0 Å². The quantitative estimate of drug-likeness (QED) is 0.435. The molecular weight excluding hydrogens is 461 g/mol. The first kappa shape index (κ1) is 23.9. The lowest BCUT2D eigenvalue weighted by Gasteiger charge is -2.33. The summed E-state index contributed by atoms with van der Waals surface area (Å²) in [6.07, 6.45) is 6.66. The van der Waals surface area contributed by atoms with E-state index in [0.29, 0.717) is 17.3 Å². The van der Waals surface area contributed by atoms with Gasteiger partial charge in [-0.25, -0.2) is 4.99 Å². The SMILES string of the molecule is CCCNC1(C)N=C(Nc2ccc(P3(=O)CCN(C4CC4)CC3)cc2OC)Nc2[nH]cc(C#N)c21. The molecule has 1 aromatic carbocycles. The van der Waals surface area contributed by atoms with Crippen molar-refractivity contribution in [2.24, 2.45) is 4.99 Å². The van der Waals surface area contributed by atoms with Crippen LogP contribution in [0.5, 0.6) is 5.75 Å². The second-order valence-corrected chi connectivity index (χ2v) is 13.0. The Bertz CT molecular complexity index is 1220. The van der Waals surface area contributed by atoms with Crippen LogP contribution in [0.25, 0.3) is 0 Å². The zero-order valence-corrected chi connectivity index (χ0v) is 21.5. The Morgan fingerprint density at radius 1 is 1.34 bits per heavy atom. The molecule has 0 spiro atoms. The van der Waals surface area contributed by atoms with Gasteiger partial charge in [0.2, 0.25) is 5.96 Å². The molecule has 5 rings (SSSR count). The van der Waals surface area contributed by atoms with E-state index >= 15 is 0 Å². The van der Waals surface area contributed by atoms with E-state index < -0.39 is 12.8 Å². The van der Waals surface area contributed by atoms with E-state index in [0.717, 1.165) is 66.8 Å². The summed E-state index contributed by atoms with van der Waals surface area (Å²) in [7, 11) is -0.810. The molecule has 35 heavy (non-hydrogen) atoms. The van der Waals surface area contributed by atoms with E-state index in [2.05, 4.69) is 38.8 Å². The van der Waals surface area contributed by atoms with Crippen LogP contribution in [0.3, 0.4) is 0 Å². The average Bonchev–Trinajstić information content (AvgIpc) is 3.62. The van der Waals surface area contributed by atoms with Gasteiger partial charge in [-0.3, -0.25) is 10.2 Å². The lowest BCUT2D eigenvalue weighted by molar-refractivity contribution is 0.285. The second-order valence-electron chi connectivity index (χ2n) is 9.76. The molecule has 1 atom stereocenters. The molecule has 0 radical (unpaired) electrons. The summed E-state index contributed by atoms with van der Waals surface area (Å²) in [6.45, 7) is 6.65. The van der Waals surface area contributed by atoms with Crippen LogP contribution in [-0.2, 0) is 10.2 Å². The Morgan fingerprint density at radius 2 is 2.11 bits per heavy atom. The molecule has 186 valence electrons. The van der Waals surface area contributed by atoms with Crippen LogP contribution in [0.2, 0.25) is 0 Å². The highest BCUT2D eigenvalue weighted by Crippen LogP contribution is 2.49. The zero-order chi connectivity index (χ0) is 24.6. The van der Waals surface area contributed by atoms with Crippen LogP contribution in [0, 0.1) is 11.3 Å². The third-order valence-corrected chi connectivity index (χ3v) is 10.3. The number of aliphatic imine (C=N–C) groups is 1. The molecule has 3 aliphatic rings. The maximum absolute atomic E-state index is 13.8. The lowest BCUT2D eigenvalue weighted by Crippen LogP contribution is -2.44. The third kappa shape index (κ3) is 4.58. The number of ether oxygens (including phenoxy) is 1. The van der Waals surface area contributed by atoms with Crippen LogP contribution >= 0.6 is 7.14 Å². The van der Waals surface area contributed by atoms with Crippen molar-refractivity contribution in [3.8, 4) is 11.8 Å². The van der Waals surface area contributed by atoms with Crippen LogP contribution in [-0.4, -0.2) is 61.0 Å². The highest BCUT2D eigenvalue weighted by atomic mass is 31.2. The summed E-state index contributed by atoms with van der Waals surface area (Å²) in [6, 6.07) is 8.77. The van der Waals surface area contributed by atoms with Gasteiger partial charge in [-0.1, -0.05) is 6.92 Å². The van der Waals surface area contributed by atoms with Crippen LogP contribution in [0.15, 0.2) is 29.4 Å². The molecular formula is C25H34N7O2P. The van der Waals surface area contributed by atoms with Gasteiger partial charge in [0.25, 0.3) is 0 Å². The number of benzene rings is 1. The fourth-order valence-corrected chi connectivity index (χ4v) is 7.73. The summed E-state index contributed by atoms with van der Waals surface area (Å²) in [5.41, 5.74) is 1.33. The smallest absolute Gasteiger partial charge is 0.203 e. The Morgan fingerprint density at radius 3 is 2.77 bits per heavy atom. The number of methoxy groups -OCH3 is 1. The number of aromatic amines is 1. The number of guanidine groups is 1. The number of rotatable bonds is 7. The van der Waals surface area contributed by atoms with Crippen molar-refractivity contribution < 1.29 is 9.30 Å². The predicted octanol–water partition coefficient (Wildman–Crippen LogP) is 3.43. The maximum atomic E-state index is 13.8. The largest absolute Gasteiger partial charge is 0.495 e. The molecule has 3 heterocycles. The third-order valence-electron chi connectivity index (χ3n) is 7.25. The minimum Gasteiger partial charge on any atom is -0.495 e. The van der Waals surface area contributed by atoms with Crippen LogP contribution < -0.4 is 26.0 Å². The van der Waals surface area contributed by atoms with E-state index in [4.69, 9.17) is 9.73 Å². The highest BCUT2D eigenvalue weighted by Gasteiger charge is 2.38. The van der Waals surface area contributed by atoms with E-state index in [1.165, 1.54) is 12.8 Å². The fourth-order valence-electron chi connectivity index (χ4n) is 5.13.